The lowest BCUT2D eigenvalue weighted by Crippen LogP contribution is -2.47. The molecule has 1 N–H and O–H groups in total. The fourth-order valence-electron chi connectivity index (χ4n) is 2.75. The molecule has 2 aromatic rings. The van der Waals surface area contributed by atoms with Crippen molar-refractivity contribution in [3.63, 3.8) is 0 Å². The van der Waals surface area contributed by atoms with E-state index < -0.39 is 24.0 Å². The van der Waals surface area contributed by atoms with Gasteiger partial charge in [0.25, 0.3) is 0 Å². The lowest BCUT2D eigenvalue weighted by Gasteiger charge is -2.34. The Morgan fingerprint density at radius 1 is 1.08 bits per heavy atom. The summed E-state index contributed by atoms with van der Waals surface area (Å²) in [7, 11) is 0. The summed E-state index contributed by atoms with van der Waals surface area (Å²) in [5, 5.41) is 11.5. The quantitative estimate of drug-likeness (QED) is 0.777. The SMILES string of the molecule is C=C(C)c1ccc2ccccc2c1C(C)(C)OCC(C)(O)C(F)(F)F. The lowest BCUT2D eigenvalue weighted by molar-refractivity contribution is -0.276. The first kappa shape index (κ1) is 19.5. The molecule has 0 fully saturated rings. The highest BCUT2D eigenvalue weighted by Crippen LogP contribution is 2.39. The van der Waals surface area contributed by atoms with Gasteiger partial charge in [-0.3, -0.25) is 0 Å². The van der Waals surface area contributed by atoms with Crippen LogP contribution < -0.4 is 0 Å². The van der Waals surface area contributed by atoms with Gasteiger partial charge in [0, 0.05) is 0 Å². The predicted octanol–water partition coefficient (Wildman–Crippen LogP) is 5.44. The molecule has 0 aromatic heterocycles. The summed E-state index contributed by atoms with van der Waals surface area (Å²) < 4.78 is 44.4. The van der Waals surface area contributed by atoms with E-state index in [9.17, 15) is 18.3 Å². The molecule has 0 aliphatic carbocycles. The molecule has 0 radical (unpaired) electrons. The molecule has 0 heterocycles. The zero-order valence-electron chi connectivity index (χ0n) is 14.9. The van der Waals surface area contributed by atoms with E-state index in [1.165, 1.54) is 0 Å². The molecule has 0 saturated heterocycles. The lowest BCUT2D eigenvalue weighted by atomic mass is 9.85. The molecule has 1 unspecified atom stereocenters. The molecular formula is C20H23F3O2. The van der Waals surface area contributed by atoms with E-state index in [2.05, 4.69) is 6.58 Å². The van der Waals surface area contributed by atoms with Gasteiger partial charge >= 0.3 is 6.18 Å². The van der Waals surface area contributed by atoms with Crippen LogP contribution in [0, 0.1) is 0 Å². The molecule has 1 atom stereocenters. The molecular weight excluding hydrogens is 329 g/mol. The van der Waals surface area contributed by atoms with E-state index >= 15 is 0 Å². The van der Waals surface area contributed by atoms with Gasteiger partial charge in [0.05, 0.1) is 12.2 Å². The minimum atomic E-state index is -4.76. The van der Waals surface area contributed by atoms with Gasteiger partial charge in [-0.2, -0.15) is 13.2 Å². The molecule has 0 aliphatic heterocycles. The molecule has 0 saturated carbocycles. The summed E-state index contributed by atoms with van der Waals surface area (Å²) in [5.41, 5.74) is -1.59. The molecule has 0 spiro atoms. The maximum Gasteiger partial charge on any atom is 0.419 e. The van der Waals surface area contributed by atoms with Crippen molar-refractivity contribution in [2.45, 2.75) is 45.1 Å². The van der Waals surface area contributed by atoms with Crippen molar-refractivity contribution in [3.05, 3.63) is 54.1 Å². The van der Waals surface area contributed by atoms with Crippen molar-refractivity contribution in [1.29, 1.82) is 0 Å². The van der Waals surface area contributed by atoms with Crippen LogP contribution in [0.15, 0.2) is 43.0 Å². The Bertz CT molecular complexity index is 789. The van der Waals surface area contributed by atoms with Crippen LogP contribution in [0.2, 0.25) is 0 Å². The summed E-state index contributed by atoms with van der Waals surface area (Å²) in [6.45, 7) is 9.07. The summed E-state index contributed by atoms with van der Waals surface area (Å²) in [4.78, 5) is 0. The van der Waals surface area contributed by atoms with E-state index in [4.69, 9.17) is 4.74 Å². The molecule has 0 bridgehead atoms. The maximum atomic E-state index is 12.9. The highest BCUT2D eigenvalue weighted by molar-refractivity contribution is 5.90. The average Bonchev–Trinajstić information content (AvgIpc) is 2.50. The number of halogens is 3. The van der Waals surface area contributed by atoms with Gasteiger partial charge in [0.15, 0.2) is 5.60 Å². The van der Waals surface area contributed by atoms with Crippen LogP contribution in [0.1, 0.15) is 38.8 Å². The fraction of sp³-hybridized carbons (Fsp3) is 0.400. The van der Waals surface area contributed by atoms with Crippen LogP contribution in [-0.2, 0) is 10.3 Å². The third-order valence-corrected chi connectivity index (χ3v) is 4.32. The summed E-state index contributed by atoms with van der Waals surface area (Å²) >= 11 is 0. The van der Waals surface area contributed by atoms with Crippen LogP contribution in [0.4, 0.5) is 13.2 Å². The molecule has 2 aromatic carbocycles. The minimum absolute atomic E-state index is 0.714. The highest BCUT2D eigenvalue weighted by Gasteiger charge is 2.51. The average molecular weight is 352 g/mol. The molecule has 0 aliphatic rings. The van der Waals surface area contributed by atoms with Crippen LogP contribution in [-0.4, -0.2) is 23.5 Å². The maximum absolute atomic E-state index is 12.9. The van der Waals surface area contributed by atoms with Crippen molar-refractivity contribution in [2.75, 3.05) is 6.61 Å². The van der Waals surface area contributed by atoms with Gasteiger partial charge in [-0.15, -0.1) is 0 Å². The number of alkyl halides is 3. The summed E-state index contributed by atoms with van der Waals surface area (Å²) in [6, 6.07) is 11.5. The van der Waals surface area contributed by atoms with Gasteiger partial charge in [0.1, 0.15) is 0 Å². The Morgan fingerprint density at radius 3 is 2.24 bits per heavy atom. The van der Waals surface area contributed by atoms with Crippen LogP contribution in [0.5, 0.6) is 0 Å². The van der Waals surface area contributed by atoms with Gasteiger partial charge in [-0.25, -0.2) is 0 Å². The molecule has 2 rings (SSSR count). The monoisotopic (exact) mass is 352 g/mol. The summed E-state index contributed by atoms with van der Waals surface area (Å²) in [6.07, 6.45) is -4.76. The van der Waals surface area contributed by atoms with Gasteiger partial charge in [-0.1, -0.05) is 48.6 Å². The number of aliphatic hydroxyl groups is 1. The first-order valence-corrected chi connectivity index (χ1v) is 7.98. The number of hydrogen-bond acceptors (Lipinski definition) is 2. The third-order valence-electron chi connectivity index (χ3n) is 4.32. The normalized spacial score (nSPS) is 15.2. The number of allylic oxidation sites excluding steroid dienone is 1. The molecule has 2 nitrogen and oxygen atoms in total. The molecule has 5 heteroatoms. The Hall–Kier alpha value is -1.85. The van der Waals surface area contributed by atoms with Crippen LogP contribution in [0.3, 0.4) is 0 Å². The molecule has 136 valence electrons. The number of hydrogen-bond donors (Lipinski definition) is 1. The second-order valence-electron chi connectivity index (χ2n) is 7.06. The van der Waals surface area contributed by atoms with Gasteiger partial charge in [-0.05, 0) is 49.6 Å². The first-order chi connectivity index (χ1) is 11.4. The second-order valence-corrected chi connectivity index (χ2v) is 7.06. The summed E-state index contributed by atoms with van der Waals surface area (Å²) in [5.74, 6) is 0. The van der Waals surface area contributed by atoms with Gasteiger partial charge < -0.3 is 9.84 Å². The Kier molecular flexibility index (Phi) is 5.04. The number of rotatable bonds is 5. The van der Waals surface area contributed by atoms with E-state index in [0.29, 0.717) is 6.92 Å². The van der Waals surface area contributed by atoms with E-state index in [-0.39, 0.29) is 0 Å². The number of fused-ring (bicyclic) bond motifs is 1. The topological polar surface area (TPSA) is 29.5 Å². The van der Waals surface area contributed by atoms with E-state index in [1.54, 1.807) is 13.8 Å². The van der Waals surface area contributed by atoms with E-state index in [0.717, 1.165) is 27.5 Å². The van der Waals surface area contributed by atoms with Crippen LogP contribution in [0.25, 0.3) is 16.3 Å². The van der Waals surface area contributed by atoms with Crippen LogP contribution >= 0.6 is 0 Å². The van der Waals surface area contributed by atoms with Crippen molar-refractivity contribution in [3.8, 4) is 0 Å². The third kappa shape index (κ3) is 3.88. The Balaban J connectivity index is 2.51. The first-order valence-electron chi connectivity index (χ1n) is 7.98. The number of benzene rings is 2. The number of ether oxygens (including phenoxy) is 1. The Labute approximate surface area is 145 Å². The standard InChI is InChI=1S/C20H23F3O2/c1-13(2)15-11-10-14-8-6-7-9-16(14)17(15)18(3,4)25-12-19(5,24)20(21,22)23/h6-11,24H,1,12H2,2-5H3. The largest absolute Gasteiger partial charge is 0.419 e. The zero-order chi connectivity index (χ0) is 19.0. The zero-order valence-corrected chi connectivity index (χ0v) is 14.9. The second kappa shape index (κ2) is 6.46. The van der Waals surface area contributed by atoms with Crippen molar-refractivity contribution in [1.82, 2.24) is 0 Å². The van der Waals surface area contributed by atoms with Crippen molar-refractivity contribution < 1.29 is 23.0 Å². The van der Waals surface area contributed by atoms with Crippen molar-refractivity contribution >= 4 is 16.3 Å². The predicted molar refractivity (Wildman–Crippen MR) is 94.3 cm³/mol. The smallest absolute Gasteiger partial charge is 0.379 e. The molecule has 25 heavy (non-hydrogen) atoms. The Morgan fingerprint density at radius 2 is 1.68 bits per heavy atom. The highest BCUT2D eigenvalue weighted by atomic mass is 19.4. The van der Waals surface area contributed by atoms with Crippen molar-refractivity contribution in [2.24, 2.45) is 0 Å². The minimum Gasteiger partial charge on any atom is -0.379 e. The van der Waals surface area contributed by atoms with E-state index in [1.807, 2.05) is 43.3 Å². The molecule has 0 amide bonds. The fourth-order valence-corrected chi connectivity index (χ4v) is 2.75. The van der Waals surface area contributed by atoms with Gasteiger partial charge in [0.2, 0.25) is 0 Å².